The Morgan fingerprint density at radius 1 is 1.27 bits per heavy atom. The molecule has 2 aromatic rings. The van der Waals surface area contributed by atoms with E-state index in [2.05, 4.69) is 45.6 Å². The topological polar surface area (TPSA) is 79.4 Å². The minimum atomic E-state index is -0.514. The average Bonchev–Trinajstić information content (AvgIpc) is 3.31. The lowest BCUT2D eigenvalue weighted by atomic mass is 9.73. The van der Waals surface area contributed by atoms with E-state index in [1.807, 2.05) is 20.8 Å². The van der Waals surface area contributed by atoms with Crippen LogP contribution in [0.25, 0.3) is 0 Å². The number of piperidine rings is 1. The van der Waals surface area contributed by atoms with Crippen molar-refractivity contribution < 1.29 is 9.53 Å². The predicted molar refractivity (Wildman–Crippen MR) is 129 cm³/mol. The molecular formula is C26H35N5O2. The normalized spacial score (nSPS) is 21.1. The van der Waals surface area contributed by atoms with Crippen molar-refractivity contribution in [3.63, 3.8) is 0 Å². The first-order valence-electron chi connectivity index (χ1n) is 12.2. The molecule has 1 aromatic carbocycles. The molecule has 1 aliphatic carbocycles. The quantitative estimate of drug-likeness (QED) is 0.726. The second-order valence-electron chi connectivity index (χ2n) is 10.8. The van der Waals surface area contributed by atoms with Crippen molar-refractivity contribution in [2.75, 3.05) is 24.5 Å². The predicted octanol–water partition coefficient (Wildman–Crippen LogP) is 4.32. The Balaban J connectivity index is 1.53. The number of alkyl carbamates (subject to hydrolysis) is 1. The molecule has 1 fully saturated rings. The number of hydrogen-bond acceptors (Lipinski definition) is 6. The monoisotopic (exact) mass is 449 g/mol. The van der Waals surface area contributed by atoms with Crippen molar-refractivity contribution in [1.82, 2.24) is 20.6 Å². The molecule has 0 bridgehead atoms. The van der Waals surface area contributed by atoms with Gasteiger partial charge in [-0.15, -0.1) is 0 Å². The number of ether oxygens (including phenoxy) is 1. The van der Waals surface area contributed by atoms with E-state index in [0.29, 0.717) is 12.5 Å². The van der Waals surface area contributed by atoms with Crippen LogP contribution in [0.1, 0.15) is 75.3 Å². The summed E-state index contributed by atoms with van der Waals surface area (Å²) in [6, 6.07) is 6.47. The van der Waals surface area contributed by atoms with Gasteiger partial charge < -0.3 is 20.3 Å². The molecule has 1 atom stereocenters. The number of carbonyl (C=O) groups is 1. The van der Waals surface area contributed by atoms with Gasteiger partial charge in [0.25, 0.3) is 0 Å². The zero-order valence-electron chi connectivity index (χ0n) is 20.2. The fourth-order valence-corrected chi connectivity index (χ4v) is 5.86. The number of amides is 1. The van der Waals surface area contributed by atoms with Crippen molar-refractivity contribution >= 4 is 17.6 Å². The molecule has 0 saturated carbocycles. The Kier molecular flexibility index (Phi) is 5.55. The van der Waals surface area contributed by atoms with Gasteiger partial charge in [-0.2, -0.15) is 0 Å². The van der Waals surface area contributed by atoms with Crippen molar-refractivity contribution in [1.29, 1.82) is 0 Å². The number of nitrogens with one attached hydrogen (secondary N) is 2. The van der Waals surface area contributed by atoms with Gasteiger partial charge in [-0.05, 0) is 82.7 Å². The molecule has 5 rings (SSSR count). The third-order valence-electron chi connectivity index (χ3n) is 7.30. The fourth-order valence-electron chi connectivity index (χ4n) is 5.86. The van der Waals surface area contributed by atoms with E-state index in [1.165, 1.54) is 28.1 Å². The highest BCUT2D eigenvalue weighted by atomic mass is 16.6. The van der Waals surface area contributed by atoms with Crippen LogP contribution in [0.3, 0.4) is 0 Å². The molecule has 33 heavy (non-hydrogen) atoms. The van der Waals surface area contributed by atoms with Crippen molar-refractivity contribution in [2.45, 2.75) is 76.9 Å². The lowest BCUT2D eigenvalue weighted by Crippen LogP contribution is -2.43. The summed E-state index contributed by atoms with van der Waals surface area (Å²) in [6.45, 7) is 11.3. The summed E-state index contributed by atoms with van der Waals surface area (Å²) >= 11 is 0. The van der Waals surface area contributed by atoms with Crippen LogP contribution in [0.2, 0.25) is 0 Å². The zero-order valence-corrected chi connectivity index (χ0v) is 20.2. The second-order valence-corrected chi connectivity index (χ2v) is 10.8. The summed E-state index contributed by atoms with van der Waals surface area (Å²) in [5.74, 6) is 1.54. The van der Waals surface area contributed by atoms with Crippen LogP contribution in [0, 0.1) is 0 Å². The van der Waals surface area contributed by atoms with E-state index in [4.69, 9.17) is 9.72 Å². The molecule has 2 aliphatic heterocycles. The van der Waals surface area contributed by atoms with Crippen LogP contribution < -0.4 is 15.5 Å². The fraction of sp³-hybridized carbons (Fsp3) is 0.577. The molecule has 176 valence electrons. The van der Waals surface area contributed by atoms with Gasteiger partial charge in [0.1, 0.15) is 17.7 Å². The van der Waals surface area contributed by atoms with Gasteiger partial charge >= 0.3 is 6.09 Å². The second kappa shape index (κ2) is 8.28. The van der Waals surface area contributed by atoms with Crippen LogP contribution in [-0.2, 0) is 23.1 Å². The lowest BCUT2D eigenvalue weighted by Gasteiger charge is -2.36. The number of rotatable bonds is 3. The van der Waals surface area contributed by atoms with Crippen LogP contribution in [0.4, 0.5) is 16.3 Å². The molecule has 7 nitrogen and oxygen atoms in total. The Morgan fingerprint density at radius 2 is 2.06 bits per heavy atom. The van der Waals surface area contributed by atoms with E-state index in [0.717, 1.165) is 51.1 Å². The highest BCUT2D eigenvalue weighted by Gasteiger charge is 2.46. The van der Waals surface area contributed by atoms with Gasteiger partial charge in [-0.3, -0.25) is 0 Å². The average molecular weight is 450 g/mol. The number of aryl methyl sites for hydroxylation is 1. The van der Waals surface area contributed by atoms with E-state index in [-0.39, 0.29) is 11.5 Å². The summed E-state index contributed by atoms with van der Waals surface area (Å²) in [4.78, 5) is 24.2. The van der Waals surface area contributed by atoms with Crippen molar-refractivity contribution in [3.8, 4) is 0 Å². The van der Waals surface area contributed by atoms with Crippen LogP contribution in [-0.4, -0.2) is 41.3 Å². The van der Waals surface area contributed by atoms with Crippen molar-refractivity contribution in [3.05, 3.63) is 46.9 Å². The summed E-state index contributed by atoms with van der Waals surface area (Å²) < 4.78 is 5.48. The number of carbonyl (C=O) groups excluding carboxylic acids is 1. The van der Waals surface area contributed by atoms with Gasteiger partial charge in [0.15, 0.2) is 0 Å². The standard InChI is InChI=1S/C26H35N5O2/c1-17-8-9-19-21(17)23(30-16-29-19)31-15-26(10-12-27-13-11-26)22-18(6-5-7-20(22)31)14-28-24(32)33-25(2,3)4/h5-7,16-17,27H,8-15H2,1-4H3,(H,28,32)/t17-/m1/s1. The minimum absolute atomic E-state index is 0.0481. The summed E-state index contributed by atoms with van der Waals surface area (Å²) in [5.41, 5.74) is 5.80. The molecule has 0 radical (unpaired) electrons. The SMILES string of the molecule is C[C@@H]1CCc2ncnc(N3CC4(CCNCC4)c4c(CNC(=O)OC(C)(C)C)cccc43)c21. The van der Waals surface area contributed by atoms with E-state index >= 15 is 0 Å². The first-order chi connectivity index (χ1) is 15.8. The largest absolute Gasteiger partial charge is 0.444 e. The molecule has 1 aromatic heterocycles. The molecule has 1 amide bonds. The molecule has 3 heterocycles. The molecule has 1 saturated heterocycles. The van der Waals surface area contributed by atoms with Gasteiger partial charge in [-0.1, -0.05) is 19.1 Å². The lowest BCUT2D eigenvalue weighted by molar-refractivity contribution is 0.0523. The third kappa shape index (κ3) is 4.07. The Hall–Kier alpha value is -2.67. The highest BCUT2D eigenvalue weighted by Crippen LogP contribution is 2.52. The van der Waals surface area contributed by atoms with E-state index < -0.39 is 5.60 Å². The molecule has 1 spiro atoms. The summed E-state index contributed by atoms with van der Waals surface area (Å²) in [6.07, 6.45) is 5.66. The maximum atomic E-state index is 12.4. The Labute approximate surface area is 196 Å². The van der Waals surface area contributed by atoms with Gasteiger partial charge in [0.2, 0.25) is 0 Å². The first-order valence-corrected chi connectivity index (χ1v) is 12.2. The molecular weight excluding hydrogens is 414 g/mol. The zero-order chi connectivity index (χ0) is 23.2. The number of benzene rings is 1. The number of hydrogen-bond donors (Lipinski definition) is 2. The highest BCUT2D eigenvalue weighted by molar-refractivity contribution is 5.75. The van der Waals surface area contributed by atoms with Gasteiger partial charge in [-0.25, -0.2) is 14.8 Å². The molecule has 0 unspecified atom stereocenters. The molecule has 2 N–H and O–H groups in total. The maximum absolute atomic E-state index is 12.4. The van der Waals surface area contributed by atoms with Crippen LogP contribution >= 0.6 is 0 Å². The molecule has 3 aliphatic rings. The van der Waals surface area contributed by atoms with Crippen LogP contribution in [0.5, 0.6) is 0 Å². The number of fused-ring (bicyclic) bond motifs is 3. The Bertz CT molecular complexity index is 1060. The number of anilines is 2. The van der Waals surface area contributed by atoms with Crippen molar-refractivity contribution in [2.24, 2.45) is 0 Å². The minimum Gasteiger partial charge on any atom is -0.444 e. The Morgan fingerprint density at radius 3 is 2.82 bits per heavy atom. The van der Waals surface area contributed by atoms with E-state index in [9.17, 15) is 4.79 Å². The first kappa shape index (κ1) is 22.1. The van der Waals surface area contributed by atoms with E-state index in [1.54, 1.807) is 6.33 Å². The number of nitrogens with zero attached hydrogens (tertiary/aromatic N) is 3. The molecule has 7 heteroatoms. The van der Waals surface area contributed by atoms with Gasteiger partial charge in [0, 0.05) is 35.4 Å². The maximum Gasteiger partial charge on any atom is 0.407 e. The number of aromatic nitrogens is 2. The third-order valence-corrected chi connectivity index (χ3v) is 7.30. The van der Waals surface area contributed by atoms with Gasteiger partial charge in [0.05, 0.1) is 0 Å². The smallest absolute Gasteiger partial charge is 0.407 e. The summed E-state index contributed by atoms with van der Waals surface area (Å²) in [5, 5.41) is 6.52. The van der Waals surface area contributed by atoms with Crippen LogP contribution in [0.15, 0.2) is 24.5 Å². The summed E-state index contributed by atoms with van der Waals surface area (Å²) in [7, 11) is 0.